The standard InChI is InChI=1S/C6H17BO11P3/c1-4-2-5(8)6(16-4)3-15-20(11,12)18-21(13,14)17-19(7,9)10/h4-6,8H,2-3H2,1,7H3,(H,9,10)(H,11,12)(H,13,14)/q-1/t4-,5?,6+/m0/s1. The molecule has 0 amide bonds. The molecule has 0 aromatic rings. The number of aliphatic hydroxyl groups excluding tert-OH is 1. The zero-order valence-electron chi connectivity index (χ0n) is 10.1. The maximum Gasteiger partial charge on any atom is 0.485 e. The summed E-state index contributed by atoms with van der Waals surface area (Å²) in [6.07, 6.45) is -1.77. The molecule has 0 saturated carbocycles. The molecule has 126 valence electrons. The Hall–Kier alpha value is 0.435. The van der Waals surface area contributed by atoms with Gasteiger partial charge in [-0.3, -0.25) is 4.52 Å². The van der Waals surface area contributed by atoms with E-state index in [4.69, 9.17) is 14.5 Å². The van der Waals surface area contributed by atoms with Gasteiger partial charge in [0, 0.05) is 6.42 Å². The van der Waals surface area contributed by atoms with Crippen LogP contribution < -0.4 is 0 Å². The smallest absolute Gasteiger partial charge is 0.390 e. The molecule has 0 bridgehead atoms. The zero-order chi connectivity index (χ0) is 16.5. The molecule has 4 unspecified atom stereocenters. The van der Waals surface area contributed by atoms with Crippen molar-refractivity contribution in [1.29, 1.82) is 0 Å². The molecule has 0 spiro atoms. The monoisotopic (exact) mass is 369 g/mol. The summed E-state index contributed by atoms with van der Waals surface area (Å²) in [5, 5.41) is 9.53. The highest BCUT2D eigenvalue weighted by Gasteiger charge is 2.40. The van der Waals surface area contributed by atoms with E-state index in [1.54, 1.807) is 6.92 Å². The summed E-state index contributed by atoms with van der Waals surface area (Å²) in [6, 6.07) is 0. The van der Waals surface area contributed by atoms with Gasteiger partial charge >= 0.3 is 15.6 Å². The summed E-state index contributed by atoms with van der Waals surface area (Å²) in [6.45, 7) is 1.12. The molecular formula is C6H17BO11P3-. The van der Waals surface area contributed by atoms with Crippen LogP contribution in [-0.2, 0) is 31.6 Å². The summed E-state index contributed by atoms with van der Waals surface area (Å²) in [5.74, 6) is 0. The van der Waals surface area contributed by atoms with Crippen molar-refractivity contribution >= 4 is 30.7 Å². The van der Waals surface area contributed by atoms with Crippen LogP contribution in [0.5, 0.6) is 0 Å². The SMILES string of the molecule is [BH3-]P(=O)(O)OP(=O)(O)OP(=O)(O)OC[C@H]1O[C@@H](C)CC1O. The molecule has 1 aliphatic rings. The summed E-state index contributed by atoms with van der Waals surface area (Å²) in [5.41, 5.74) is 0. The molecule has 11 nitrogen and oxygen atoms in total. The van der Waals surface area contributed by atoms with Gasteiger partial charge in [-0.05, 0) is 6.92 Å². The van der Waals surface area contributed by atoms with E-state index < -0.39 is 49.5 Å². The predicted octanol–water partition coefficient (Wildman–Crippen LogP) is -0.759. The van der Waals surface area contributed by atoms with Crippen molar-refractivity contribution in [3.63, 3.8) is 0 Å². The summed E-state index contributed by atoms with van der Waals surface area (Å²) in [7, 11) is -15.8. The summed E-state index contributed by atoms with van der Waals surface area (Å²) >= 11 is 0. The Morgan fingerprint density at radius 2 is 1.76 bits per heavy atom. The Bertz CT molecular complexity index is 504. The topological polar surface area (TPSA) is 169 Å². The van der Waals surface area contributed by atoms with E-state index >= 15 is 0 Å². The second kappa shape index (κ2) is 6.90. The minimum atomic E-state index is -5.22. The molecule has 1 fully saturated rings. The molecule has 0 aromatic carbocycles. The van der Waals surface area contributed by atoms with Gasteiger partial charge in [-0.15, -0.1) is 0 Å². The molecule has 1 aliphatic heterocycles. The molecule has 1 heterocycles. The highest BCUT2D eigenvalue weighted by atomic mass is 31.3. The lowest BCUT2D eigenvalue weighted by atomic mass is 10.1. The highest BCUT2D eigenvalue weighted by molar-refractivity contribution is 7.83. The fourth-order valence-electron chi connectivity index (χ4n) is 1.51. The van der Waals surface area contributed by atoms with E-state index in [-0.39, 0.29) is 6.10 Å². The van der Waals surface area contributed by atoms with Crippen LogP contribution >= 0.6 is 23.1 Å². The van der Waals surface area contributed by atoms with Gasteiger partial charge in [0.1, 0.15) is 6.10 Å². The van der Waals surface area contributed by atoms with Crippen LogP contribution in [0.4, 0.5) is 0 Å². The Balaban J connectivity index is 2.56. The van der Waals surface area contributed by atoms with Gasteiger partial charge in [0.15, 0.2) is 7.47 Å². The van der Waals surface area contributed by atoms with Gasteiger partial charge in [0.2, 0.25) is 0 Å². The number of hydrogen-bond acceptors (Lipinski definition) is 8. The van der Waals surface area contributed by atoms with E-state index in [2.05, 4.69) is 13.1 Å². The van der Waals surface area contributed by atoms with E-state index in [9.17, 15) is 23.7 Å². The third-order valence-electron chi connectivity index (χ3n) is 2.19. The number of phosphoric ester groups is 1. The average molecular weight is 369 g/mol. The molecule has 15 heteroatoms. The molecule has 4 N–H and O–H groups in total. The van der Waals surface area contributed by atoms with Crippen LogP contribution in [0.1, 0.15) is 13.3 Å². The first kappa shape index (κ1) is 19.5. The van der Waals surface area contributed by atoms with Crippen molar-refractivity contribution in [3.05, 3.63) is 0 Å². The average Bonchev–Trinajstić information content (AvgIpc) is 2.48. The molecule has 0 radical (unpaired) electrons. The van der Waals surface area contributed by atoms with Crippen LogP contribution in [0.3, 0.4) is 0 Å². The lowest BCUT2D eigenvalue weighted by Crippen LogP contribution is -2.26. The third kappa shape index (κ3) is 7.50. The lowest BCUT2D eigenvalue weighted by Gasteiger charge is -2.20. The summed E-state index contributed by atoms with van der Waals surface area (Å²) < 4.78 is 51.0. The fraction of sp³-hybridized carbons (Fsp3) is 1.00. The minimum absolute atomic E-state index is 0.269. The number of phosphoric acid groups is 2. The first-order chi connectivity index (χ1) is 9.30. The summed E-state index contributed by atoms with van der Waals surface area (Å²) in [4.78, 5) is 27.3. The van der Waals surface area contributed by atoms with Gasteiger partial charge in [0.25, 0.3) is 0 Å². The van der Waals surface area contributed by atoms with Crippen molar-refractivity contribution in [2.45, 2.75) is 31.7 Å². The maximum absolute atomic E-state index is 11.5. The van der Waals surface area contributed by atoms with Crippen LogP contribution in [0.15, 0.2) is 0 Å². The fourth-order valence-corrected chi connectivity index (χ4v) is 4.17. The number of rotatable bonds is 7. The molecule has 6 atom stereocenters. The van der Waals surface area contributed by atoms with Crippen molar-refractivity contribution < 1.29 is 51.4 Å². The zero-order valence-corrected chi connectivity index (χ0v) is 12.8. The Labute approximate surface area is 121 Å². The van der Waals surface area contributed by atoms with Gasteiger partial charge in [0.05, 0.1) is 26.4 Å². The largest absolute Gasteiger partial charge is 0.485 e. The van der Waals surface area contributed by atoms with Crippen molar-refractivity contribution in [3.8, 4) is 0 Å². The predicted molar refractivity (Wildman–Crippen MR) is 72.5 cm³/mol. The first-order valence-electron chi connectivity index (χ1n) is 5.21. The second-order valence-electron chi connectivity index (χ2n) is 3.92. The van der Waals surface area contributed by atoms with Crippen LogP contribution in [-0.4, -0.2) is 52.3 Å². The Morgan fingerprint density at radius 3 is 2.19 bits per heavy atom. The van der Waals surface area contributed by atoms with E-state index in [0.29, 0.717) is 6.42 Å². The van der Waals surface area contributed by atoms with E-state index in [0.717, 1.165) is 0 Å². The molecule has 0 aliphatic carbocycles. The van der Waals surface area contributed by atoms with Gasteiger partial charge < -0.3 is 29.1 Å². The second-order valence-corrected chi connectivity index (χ2v) is 7.84. The van der Waals surface area contributed by atoms with Crippen LogP contribution in [0.25, 0.3) is 0 Å². The highest BCUT2D eigenvalue weighted by Crippen LogP contribution is 2.66. The third-order valence-corrected chi connectivity index (χ3v) is 5.70. The normalized spacial score (nSPS) is 34.9. The van der Waals surface area contributed by atoms with Gasteiger partial charge in [-0.1, -0.05) is 0 Å². The first-order valence-corrected chi connectivity index (χ1v) is 9.34. The molecular weight excluding hydrogens is 352 g/mol. The van der Waals surface area contributed by atoms with Crippen molar-refractivity contribution in [1.82, 2.24) is 0 Å². The van der Waals surface area contributed by atoms with Gasteiger partial charge in [-0.2, -0.15) is 4.31 Å². The molecule has 1 saturated heterocycles. The van der Waals surface area contributed by atoms with Gasteiger partial charge in [-0.25, -0.2) is 13.4 Å². The lowest BCUT2D eigenvalue weighted by molar-refractivity contribution is -0.0167. The van der Waals surface area contributed by atoms with E-state index in [1.807, 2.05) is 0 Å². The van der Waals surface area contributed by atoms with Crippen molar-refractivity contribution in [2.75, 3.05) is 6.61 Å². The molecule has 1 rings (SSSR count). The number of ether oxygens (including phenoxy) is 1. The Morgan fingerprint density at radius 1 is 1.19 bits per heavy atom. The molecule has 0 aromatic heterocycles. The Kier molecular flexibility index (Phi) is 6.41. The quantitative estimate of drug-likeness (QED) is 0.329. The van der Waals surface area contributed by atoms with E-state index in [1.165, 1.54) is 0 Å². The van der Waals surface area contributed by atoms with Crippen molar-refractivity contribution in [2.24, 2.45) is 0 Å². The van der Waals surface area contributed by atoms with Crippen LogP contribution in [0.2, 0.25) is 0 Å². The maximum atomic E-state index is 11.5. The van der Waals surface area contributed by atoms with Crippen LogP contribution in [0, 0.1) is 0 Å². The number of aliphatic hydroxyl groups is 1. The minimum Gasteiger partial charge on any atom is -0.390 e. The molecule has 21 heavy (non-hydrogen) atoms. The number of hydrogen-bond donors (Lipinski definition) is 4.